The molecular weight excluding hydrogens is 394 g/mol. The van der Waals surface area contributed by atoms with E-state index in [4.69, 9.17) is 10.5 Å². The summed E-state index contributed by atoms with van der Waals surface area (Å²) < 4.78 is 19.6. The SMILES string of the molecule is CCOc1ccc([Si](C)=O)cc1-c1cn(C)c(=O)c2ccc(C(C=NC)=CN)cc12. The number of hydrogen-bond acceptors (Lipinski definition) is 5. The number of aryl methyl sites for hydroxylation is 1. The molecule has 30 heavy (non-hydrogen) atoms. The van der Waals surface area contributed by atoms with Crippen LogP contribution in [0.4, 0.5) is 0 Å². The van der Waals surface area contributed by atoms with Crippen LogP contribution in [0.15, 0.2) is 58.6 Å². The highest BCUT2D eigenvalue weighted by molar-refractivity contribution is 6.58. The second-order valence-electron chi connectivity index (χ2n) is 6.93. The maximum Gasteiger partial charge on any atom is 0.308 e. The molecular formula is C23H25N3O3Si. The van der Waals surface area contributed by atoms with Gasteiger partial charge in [-0.15, -0.1) is 0 Å². The Morgan fingerprint density at radius 2 is 1.97 bits per heavy atom. The Morgan fingerprint density at radius 1 is 1.20 bits per heavy atom. The molecule has 0 unspecified atom stereocenters. The minimum Gasteiger partial charge on any atom is -0.493 e. The molecule has 7 heteroatoms. The number of nitrogens with zero attached hydrogens (tertiary/aromatic N) is 2. The third-order valence-corrected chi connectivity index (χ3v) is 6.06. The third kappa shape index (κ3) is 4.02. The summed E-state index contributed by atoms with van der Waals surface area (Å²) in [6, 6.07) is 11.2. The van der Waals surface area contributed by atoms with Crippen molar-refractivity contribution in [3.63, 3.8) is 0 Å². The summed E-state index contributed by atoms with van der Waals surface area (Å²) in [6.07, 6.45) is 4.96. The van der Waals surface area contributed by atoms with Crippen LogP contribution in [0, 0.1) is 0 Å². The predicted molar refractivity (Wildman–Crippen MR) is 124 cm³/mol. The van der Waals surface area contributed by atoms with E-state index < -0.39 is 8.68 Å². The topological polar surface area (TPSA) is 86.7 Å². The van der Waals surface area contributed by atoms with E-state index in [0.29, 0.717) is 17.7 Å². The normalized spacial score (nSPS) is 11.9. The van der Waals surface area contributed by atoms with Crippen molar-refractivity contribution in [2.24, 2.45) is 17.8 Å². The van der Waals surface area contributed by atoms with Crippen molar-refractivity contribution in [3.8, 4) is 16.9 Å². The van der Waals surface area contributed by atoms with Gasteiger partial charge in [0, 0.05) is 54.8 Å². The van der Waals surface area contributed by atoms with Crippen LogP contribution >= 0.6 is 0 Å². The minimum atomic E-state index is -1.89. The predicted octanol–water partition coefficient (Wildman–Crippen LogP) is 2.86. The van der Waals surface area contributed by atoms with Crippen LogP contribution in [0.5, 0.6) is 5.75 Å². The summed E-state index contributed by atoms with van der Waals surface area (Å²) in [5.41, 5.74) is 8.92. The maximum absolute atomic E-state index is 12.8. The summed E-state index contributed by atoms with van der Waals surface area (Å²) in [4.78, 5) is 16.8. The first-order valence-corrected chi connectivity index (χ1v) is 11.6. The Bertz CT molecular complexity index is 1240. The Morgan fingerprint density at radius 3 is 2.60 bits per heavy atom. The molecule has 0 aliphatic heterocycles. The molecule has 0 saturated carbocycles. The van der Waals surface area contributed by atoms with Gasteiger partial charge < -0.3 is 19.5 Å². The quantitative estimate of drug-likeness (QED) is 0.492. The van der Waals surface area contributed by atoms with E-state index in [1.54, 1.807) is 43.7 Å². The highest BCUT2D eigenvalue weighted by Gasteiger charge is 2.16. The molecule has 0 aliphatic rings. The fourth-order valence-electron chi connectivity index (χ4n) is 3.45. The number of allylic oxidation sites excluding steroid dienone is 1. The van der Waals surface area contributed by atoms with Crippen molar-refractivity contribution < 1.29 is 9.20 Å². The van der Waals surface area contributed by atoms with Gasteiger partial charge in [-0.05, 0) is 53.9 Å². The molecule has 3 rings (SSSR count). The van der Waals surface area contributed by atoms with E-state index in [1.807, 2.05) is 37.3 Å². The summed E-state index contributed by atoms with van der Waals surface area (Å²) in [7, 11) is 1.51. The molecule has 0 radical (unpaired) electrons. The number of nitrogens with two attached hydrogens (primary N) is 1. The minimum absolute atomic E-state index is 0.0964. The molecule has 2 aromatic carbocycles. The van der Waals surface area contributed by atoms with Gasteiger partial charge in [0.15, 0.2) is 0 Å². The molecule has 2 N–H and O–H groups in total. The van der Waals surface area contributed by atoms with Crippen LogP contribution in [0.3, 0.4) is 0 Å². The molecule has 1 heterocycles. The summed E-state index contributed by atoms with van der Waals surface area (Å²) in [5, 5.41) is 2.12. The number of aromatic nitrogens is 1. The Hall–Kier alpha value is -3.32. The second kappa shape index (κ2) is 9.00. The lowest BCUT2D eigenvalue weighted by Gasteiger charge is -2.16. The smallest absolute Gasteiger partial charge is 0.308 e. The van der Waals surface area contributed by atoms with Crippen LogP contribution < -0.4 is 21.2 Å². The zero-order chi connectivity index (χ0) is 21.8. The number of hydrogen-bond donors (Lipinski definition) is 1. The van der Waals surface area contributed by atoms with Gasteiger partial charge in [-0.2, -0.15) is 0 Å². The van der Waals surface area contributed by atoms with E-state index in [2.05, 4.69) is 4.99 Å². The van der Waals surface area contributed by atoms with Crippen molar-refractivity contribution in [1.82, 2.24) is 4.57 Å². The van der Waals surface area contributed by atoms with E-state index in [9.17, 15) is 9.26 Å². The highest BCUT2D eigenvalue weighted by atomic mass is 28.3. The molecule has 0 spiro atoms. The van der Waals surface area contributed by atoms with Gasteiger partial charge in [-0.1, -0.05) is 12.1 Å². The standard InChI is InChI=1S/C23H25N3O3Si/c1-5-29-22-9-7-17(30(4)28)11-20(22)21-14-26(3)23(27)18-8-6-15(10-19(18)21)16(12-24)13-25-2/h6-14H,5,24H2,1-4H3. The number of ether oxygens (including phenoxy) is 1. The largest absolute Gasteiger partial charge is 0.493 e. The first-order chi connectivity index (χ1) is 14.4. The van der Waals surface area contributed by atoms with Crippen molar-refractivity contribution in [2.75, 3.05) is 13.7 Å². The fourth-order valence-corrected chi connectivity index (χ4v) is 4.12. The van der Waals surface area contributed by atoms with Crippen LogP contribution in [0.25, 0.3) is 27.5 Å². The van der Waals surface area contributed by atoms with Gasteiger partial charge in [0.05, 0.1) is 6.61 Å². The maximum atomic E-state index is 12.8. The van der Waals surface area contributed by atoms with Crippen LogP contribution in [-0.2, 0) is 11.5 Å². The van der Waals surface area contributed by atoms with Crippen molar-refractivity contribution >= 4 is 36.4 Å². The Balaban J connectivity index is 2.41. The van der Waals surface area contributed by atoms with E-state index in [0.717, 1.165) is 32.8 Å². The Kier molecular flexibility index (Phi) is 6.42. The van der Waals surface area contributed by atoms with Crippen molar-refractivity contribution in [2.45, 2.75) is 13.5 Å². The average molecular weight is 420 g/mol. The number of rotatable bonds is 6. The Labute approximate surface area is 177 Å². The number of benzene rings is 2. The molecule has 0 amide bonds. The van der Waals surface area contributed by atoms with E-state index >= 15 is 0 Å². The molecule has 1 aromatic heterocycles. The van der Waals surface area contributed by atoms with Gasteiger partial charge in [0.1, 0.15) is 5.75 Å². The van der Waals surface area contributed by atoms with E-state index in [-0.39, 0.29) is 5.56 Å². The monoisotopic (exact) mass is 419 g/mol. The lowest BCUT2D eigenvalue weighted by molar-refractivity contribution is 0.341. The van der Waals surface area contributed by atoms with Gasteiger partial charge in [0.25, 0.3) is 5.56 Å². The zero-order valence-corrected chi connectivity index (χ0v) is 18.6. The summed E-state index contributed by atoms with van der Waals surface area (Å²) in [6.45, 7) is 4.12. The lowest BCUT2D eigenvalue weighted by Crippen LogP contribution is -2.19. The molecule has 0 bridgehead atoms. The molecule has 0 saturated heterocycles. The summed E-state index contributed by atoms with van der Waals surface area (Å²) >= 11 is 0. The molecule has 0 fully saturated rings. The number of fused-ring (bicyclic) bond motifs is 1. The molecule has 154 valence electrons. The lowest BCUT2D eigenvalue weighted by atomic mass is 9.96. The highest BCUT2D eigenvalue weighted by Crippen LogP contribution is 2.34. The van der Waals surface area contributed by atoms with E-state index in [1.165, 1.54) is 6.20 Å². The van der Waals surface area contributed by atoms with Crippen LogP contribution in [-0.4, -0.2) is 33.1 Å². The van der Waals surface area contributed by atoms with Gasteiger partial charge in [-0.3, -0.25) is 9.79 Å². The van der Waals surface area contributed by atoms with Crippen molar-refractivity contribution in [1.29, 1.82) is 0 Å². The molecule has 0 aliphatic carbocycles. The van der Waals surface area contributed by atoms with Crippen molar-refractivity contribution in [3.05, 3.63) is 64.7 Å². The number of aliphatic imine (C=N–C) groups is 1. The third-order valence-electron chi connectivity index (χ3n) is 4.94. The second-order valence-corrected chi connectivity index (χ2v) is 8.62. The first-order valence-electron chi connectivity index (χ1n) is 9.67. The zero-order valence-electron chi connectivity index (χ0n) is 17.6. The molecule has 0 atom stereocenters. The molecule has 3 aromatic rings. The van der Waals surface area contributed by atoms with Crippen LogP contribution in [0.1, 0.15) is 12.5 Å². The average Bonchev–Trinajstić information content (AvgIpc) is 2.74. The van der Waals surface area contributed by atoms with Gasteiger partial charge in [0.2, 0.25) is 0 Å². The first kappa shape index (κ1) is 21.4. The molecule has 6 nitrogen and oxygen atoms in total. The van der Waals surface area contributed by atoms with Crippen LogP contribution in [0.2, 0.25) is 6.55 Å². The van der Waals surface area contributed by atoms with Gasteiger partial charge in [-0.25, -0.2) is 0 Å². The summed E-state index contributed by atoms with van der Waals surface area (Å²) in [5.74, 6) is 0.680. The van der Waals surface area contributed by atoms with Gasteiger partial charge >= 0.3 is 8.68 Å². The number of pyridine rings is 1. The fraction of sp³-hybridized carbons (Fsp3) is 0.217.